The standard InChI is InChI=1S/C14H14N2O/c1-17-13-4-2-3-12(9-13)10-5-7-11(8-6-10)14(15)16/h2-9H,1H3,(H3,15,16). The van der Waals surface area contributed by atoms with Crippen molar-refractivity contribution in [3.05, 3.63) is 54.1 Å². The third-order valence-electron chi connectivity index (χ3n) is 2.60. The molecule has 0 aliphatic carbocycles. The van der Waals surface area contributed by atoms with Gasteiger partial charge in [-0.25, -0.2) is 0 Å². The van der Waals surface area contributed by atoms with Crippen molar-refractivity contribution in [3.8, 4) is 16.9 Å². The molecule has 0 spiro atoms. The average molecular weight is 226 g/mol. The first-order chi connectivity index (χ1) is 8.20. The summed E-state index contributed by atoms with van der Waals surface area (Å²) in [7, 11) is 1.65. The Bertz CT molecular complexity index is 532. The van der Waals surface area contributed by atoms with Crippen LogP contribution in [0.4, 0.5) is 0 Å². The fraction of sp³-hybridized carbons (Fsp3) is 0.0714. The summed E-state index contributed by atoms with van der Waals surface area (Å²) in [6, 6.07) is 15.4. The van der Waals surface area contributed by atoms with Gasteiger partial charge in [0.05, 0.1) is 7.11 Å². The Morgan fingerprint density at radius 3 is 2.35 bits per heavy atom. The van der Waals surface area contributed by atoms with Crippen LogP contribution in [0.15, 0.2) is 48.5 Å². The maximum atomic E-state index is 7.33. The molecule has 0 aliphatic rings. The fourth-order valence-electron chi connectivity index (χ4n) is 1.64. The molecule has 0 aromatic heterocycles. The first-order valence-electron chi connectivity index (χ1n) is 5.29. The second-order valence-corrected chi connectivity index (χ2v) is 3.72. The maximum absolute atomic E-state index is 7.33. The number of hydrogen-bond donors (Lipinski definition) is 2. The predicted octanol–water partition coefficient (Wildman–Crippen LogP) is 2.65. The van der Waals surface area contributed by atoms with E-state index in [1.165, 1.54) is 0 Å². The first kappa shape index (κ1) is 11.2. The number of nitrogens with one attached hydrogen (secondary N) is 1. The monoisotopic (exact) mass is 226 g/mol. The third kappa shape index (κ3) is 2.45. The van der Waals surface area contributed by atoms with Gasteiger partial charge in [-0.1, -0.05) is 36.4 Å². The minimum Gasteiger partial charge on any atom is -0.497 e. The van der Waals surface area contributed by atoms with E-state index in [4.69, 9.17) is 15.9 Å². The molecule has 86 valence electrons. The van der Waals surface area contributed by atoms with Crippen molar-refractivity contribution in [2.75, 3.05) is 7.11 Å². The molecule has 0 saturated carbocycles. The van der Waals surface area contributed by atoms with Crippen LogP contribution in [0.5, 0.6) is 5.75 Å². The van der Waals surface area contributed by atoms with Gasteiger partial charge in [0.2, 0.25) is 0 Å². The van der Waals surface area contributed by atoms with Gasteiger partial charge in [0.15, 0.2) is 0 Å². The molecule has 0 heterocycles. The highest BCUT2D eigenvalue weighted by molar-refractivity contribution is 5.95. The van der Waals surface area contributed by atoms with Crippen LogP contribution in [0.1, 0.15) is 5.56 Å². The number of amidine groups is 1. The van der Waals surface area contributed by atoms with E-state index in [-0.39, 0.29) is 5.84 Å². The second kappa shape index (κ2) is 4.70. The average Bonchev–Trinajstić information content (AvgIpc) is 2.39. The highest BCUT2D eigenvalue weighted by Gasteiger charge is 2.01. The van der Waals surface area contributed by atoms with Crippen LogP contribution in [-0.4, -0.2) is 12.9 Å². The molecule has 2 aromatic rings. The number of methoxy groups -OCH3 is 1. The van der Waals surface area contributed by atoms with E-state index in [9.17, 15) is 0 Å². The molecule has 0 atom stereocenters. The minimum absolute atomic E-state index is 0.0854. The quantitative estimate of drug-likeness (QED) is 0.624. The molecular weight excluding hydrogens is 212 g/mol. The maximum Gasteiger partial charge on any atom is 0.122 e. The van der Waals surface area contributed by atoms with Crippen molar-refractivity contribution in [1.82, 2.24) is 0 Å². The van der Waals surface area contributed by atoms with Gasteiger partial charge < -0.3 is 10.5 Å². The lowest BCUT2D eigenvalue weighted by Crippen LogP contribution is -2.10. The van der Waals surface area contributed by atoms with Crippen molar-refractivity contribution < 1.29 is 4.74 Å². The molecule has 3 heteroatoms. The largest absolute Gasteiger partial charge is 0.497 e. The summed E-state index contributed by atoms with van der Waals surface area (Å²) >= 11 is 0. The molecule has 0 unspecified atom stereocenters. The summed E-state index contributed by atoms with van der Waals surface area (Å²) in [6.45, 7) is 0. The molecule has 3 nitrogen and oxygen atoms in total. The van der Waals surface area contributed by atoms with E-state index < -0.39 is 0 Å². The van der Waals surface area contributed by atoms with Gasteiger partial charge in [-0.3, -0.25) is 5.41 Å². The molecule has 0 bridgehead atoms. The Morgan fingerprint density at radius 1 is 1.06 bits per heavy atom. The van der Waals surface area contributed by atoms with Crippen molar-refractivity contribution in [3.63, 3.8) is 0 Å². The molecule has 2 rings (SSSR count). The van der Waals surface area contributed by atoms with Gasteiger partial charge in [-0.05, 0) is 23.3 Å². The molecule has 0 aliphatic heterocycles. The summed E-state index contributed by atoms with van der Waals surface area (Å²) in [5.41, 5.74) is 8.30. The Labute approximate surface area is 100 Å². The zero-order valence-corrected chi connectivity index (χ0v) is 9.60. The molecular formula is C14H14N2O. The third-order valence-corrected chi connectivity index (χ3v) is 2.60. The molecule has 3 N–H and O–H groups in total. The van der Waals surface area contributed by atoms with Gasteiger partial charge in [0, 0.05) is 5.56 Å². The van der Waals surface area contributed by atoms with E-state index in [1.807, 2.05) is 48.5 Å². The molecule has 0 fully saturated rings. The Morgan fingerprint density at radius 2 is 1.76 bits per heavy atom. The van der Waals surface area contributed by atoms with Gasteiger partial charge in [-0.2, -0.15) is 0 Å². The van der Waals surface area contributed by atoms with E-state index in [1.54, 1.807) is 7.11 Å². The zero-order valence-electron chi connectivity index (χ0n) is 9.60. The molecule has 0 amide bonds. The van der Waals surface area contributed by atoms with E-state index in [0.29, 0.717) is 0 Å². The number of hydrogen-bond acceptors (Lipinski definition) is 2. The normalized spacial score (nSPS) is 9.94. The van der Waals surface area contributed by atoms with Crippen LogP contribution >= 0.6 is 0 Å². The number of benzene rings is 2. The predicted molar refractivity (Wildman–Crippen MR) is 69.4 cm³/mol. The fourth-order valence-corrected chi connectivity index (χ4v) is 1.64. The Balaban J connectivity index is 2.36. The topological polar surface area (TPSA) is 59.1 Å². The Hall–Kier alpha value is -2.29. The van der Waals surface area contributed by atoms with E-state index in [2.05, 4.69) is 0 Å². The first-order valence-corrected chi connectivity index (χ1v) is 5.29. The zero-order chi connectivity index (χ0) is 12.3. The Kier molecular flexibility index (Phi) is 3.10. The highest BCUT2D eigenvalue weighted by atomic mass is 16.5. The van der Waals surface area contributed by atoms with Crippen LogP contribution in [-0.2, 0) is 0 Å². The molecule has 2 aromatic carbocycles. The lowest BCUT2D eigenvalue weighted by molar-refractivity contribution is 0.415. The van der Waals surface area contributed by atoms with Gasteiger partial charge >= 0.3 is 0 Å². The number of nitrogen functional groups attached to an aromatic ring is 1. The number of nitrogens with two attached hydrogens (primary N) is 1. The van der Waals surface area contributed by atoms with Crippen LogP contribution < -0.4 is 10.5 Å². The van der Waals surface area contributed by atoms with Gasteiger partial charge in [0.1, 0.15) is 11.6 Å². The lowest BCUT2D eigenvalue weighted by atomic mass is 10.0. The molecule has 0 radical (unpaired) electrons. The summed E-state index contributed by atoms with van der Waals surface area (Å²) in [6.07, 6.45) is 0. The smallest absolute Gasteiger partial charge is 0.122 e. The lowest BCUT2D eigenvalue weighted by Gasteiger charge is -2.05. The summed E-state index contributed by atoms with van der Waals surface area (Å²) < 4.78 is 5.18. The van der Waals surface area contributed by atoms with Crippen molar-refractivity contribution >= 4 is 5.84 Å². The highest BCUT2D eigenvalue weighted by Crippen LogP contribution is 2.23. The summed E-state index contributed by atoms with van der Waals surface area (Å²) in [4.78, 5) is 0. The molecule has 17 heavy (non-hydrogen) atoms. The second-order valence-electron chi connectivity index (χ2n) is 3.72. The van der Waals surface area contributed by atoms with E-state index in [0.717, 1.165) is 22.4 Å². The van der Waals surface area contributed by atoms with E-state index >= 15 is 0 Å². The number of ether oxygens (including phenoxy) is 1. The van der Waals surface area contributed by atoms with Crippen LogP contribution in [0.25, 0.3) is 11.1 Å². The van der Waals surface area contributed by atoms with Gasteiger partial charge in [-0.15, -0.1) is 0 Å². The summed E-state index contributed by atoms with van der Waals surface area (Å²) in [5, 5.41) is 7.33. The van der Waals surface area contributed by atoms with Crippen molar-refractivity contribution in [2.45, 2.75) is 0 Å². The number of rotatable bonds is 3. The van der Waals surface area contributed by atoms with Crippen LogP contribution in [0.2, 0.25) is 0 Å². The van der Waals surface area contributed by atoms with Crippen molar-refractivity contribution in [2.24, 2.45) is 5.73 Å². The van der Waals surface area contributed by atoms with Gasteiger partial charge in [0.25, 0.3) is 0 Å². The summed E-state index contributed by atoms with van der Waals surface area (Å²) in [5.74, 6) is 0.917. The van der Waals surface area contributed by atoms with Crippen molar-refractivity contribution in [1.29, 1.82) is 5.41 Å². The molecule has 0 saturated heterocycles. The van der Waals surface area contributed by atoms with Crippen LogP contribution in [0, 0.1) is 5.41 Å². The minimum atomic E-state index is 0.0854. The SMILES string of the molecule is COc1cccc(-c2ccc(C(=N)N)cc2)c1. The van der Waals surface area contributed by atoms with Crippen LogP contribution in [0.3, 0.4) is 0 Å².